The summed E-state index contributed by atoms with van der Waals surface area (Å²) < 4.78 is 0. The van der Waals surface area contributed by atoms with Gasteiger partial charge in [-0.1, -0.05) is 12.8 Å². The van der Waals surface area contributed by atoms with Crippen LogP contribution < -0.4 is 0 Å². The first-order valence-electron chi connectivity index (χ1n) is 6.59. The Hall–Kier alpha value is -0.940. The van der Waals surface area contributed by atoms with E-state index in [-0.39, 0.29) is 11.8 Å². The van der Waals surface area contributed by atoms with Gasteiger partial charge in [-0.25, -0.2) is 0 Å². The third kappa shape index (κ3) is 2.06. The second-order valence-corrected chi connectivity index (χ2v) is 6.30. The number of likely N-dealkylation sites (tertiary alicyclic amines) is 1. The number of hydrogen-bond acceptors (Lipinski definition) is 4. The second-order valence-electron chi connectivity index (χ2n) is 5.41. The van der Waals surface area contributed by atoms with Crippen molar-refractivity contribution in [1.82, 2.24) is 9.88 Å². The fourth-order valence-electron chi connectivity index (χ4n) is 3.23. The molecule has 1 aliphatic heterocycles. The maximum atomic E-state index is 12.3. The van der Waals surface area contributed by atoms with Crippen LogP contribution in [0.3, 0.4) is 0 Å². The summed E-state index contributed by atoms with van der Waals surface area (Å²) in [5, 5.41) is 10.6. The molecule has 2 atom stereocenters. The van der Waals surface area contributed by atoms with E-state index in [0.29, 0.717) is 18.0 Å². The monoisotopic (exact) mass is 266 g/mol. The van der Waals surface area contributed by atoms with E-state index in [1.807, 2.05) is 4.90 Å². The molecule has 5 heteroatoms. The van der Waals surface area contributed by atoms with Crippen molar-refractivity contribution in [1.29, 1.82) is 0 Å². The van der Waals surface area contributed by atoms with Crippen LogP contribution in [0.4, 0.5) is 0 Å². The van der Waals surface area contributed by atoms with Gasteiger partial charge in [-0.3, -0.25) is 9.78 Å². The molecule has 0 spiro atoms. The standard InChI is InChI=1S/C13H18N2O2S/c16-12(11-7-14-9-18-11)15-6-5-13(17)4-2-1-3-10(13)8-15/h7,9-10,17H,1-6,8H2. The lowest BCUT2D eigenvalue weighted by Gasteiger charge is -2.47. The molecule has 1 saturated carbocycles. The Morgan fingerprint density at radius 3 is 3.17 bits per heavy atom. The largest absolute Gasteiger partial charge is 0.389 e. The number of hydrogen-bond donors (Lipinski definition) is 1. The molecule has 2 unspecified atom stereocenters. The number of aromatic nitrogens is 1. The molecule has 18 heavy (non-hydrogen) atoms. The molecule has 2 aliphatic rings. The Balaban J connectivity index is 1.72. The molecule has 1 aromatic rings. The average molecular weight is 266 g/mol. The Kier molecular flexibility index (Phi) is 3.11. The van der Waals surface area contributed by atoms with Gasteiger partial charge in [0.1, 0.15) is 4.88 Å². The highest BCUT2D eigenvalue weighted by atomic mass is 32.1. The number of rotatable bonds is 1. The van der Waals surface area contributed by atoms with E-state index in [1.54, 1.807) is 11.7 Å². The number of thiazole rings is 1. The van der Waals surface area contributed by atoms with Crippen LogP contribution in [0, 0.1) is 5.92 Å². The highest BCUT2D eigenvalue weighted by Crippen LogP contribution is 2.40. The van der Waals surface area contributed by atoms with Gasteiger partial charge in [0.05, 0.1) is 17.3 Å². The quantitative estimate of drug-likeness (QED) is 0.845. The van der Waals surface area contributed by atoms with Crippen molar-refractivity contribution in [3.63, 3.8) is 0 Å². The van der Waals surface area contributed by atoms with Crippen molar-refractivity contribution in [2.45, 2.75) is 37.7 Å². The molecule has 1 amide bonds. The minimum Gasteiger partial charge on any atom is -0.389 e. The van der Waals surface area contributed by atoms with E-state index in [2.05, 4.69) is 4.98 Å². The smallest absolute Gasteiger partial charge is 0.265 e. The summed E-state index contributed by atoms with van der Waals surface area (Å²) in [6.07, 6.45) is 6.60. The summed E-state index contributed by atoms with van der Waals surface area (Å²) in [6, 6.07) is 0. The van der Waals surface area contributed by atoms with Gasteiger partial charge in [-0.15, -0.1) is 11.3 Å². The van der Waals surface area contributed by atoms with Gasteiger partial charge in [0.25, 0.3) is 5.91 Å². The van der Waals surface area contributed by atoms with Gasteiger partial charge in [-0.05, 0) is 19.3 Å². The van der Waals surface area contributed by atoms with Crippen molar-refractivity contribution >= 4 is 17.2 Å². The Morgan fingerprint density at radius 2 is 2.39 bits per heavy atom. The molecule has 2 fully saturated rings. The minimum atomic E-state index is -0.511. The summed E-state index contributed by atoms with van der Waals surface area (Å²) in [4.78, 5) is 18.8. The summed E-state index contributed by atoms with van der Waals surface area (Å²) >= 11 is 1.39. The maximum Gasteiger partial charge on any atom is 0.265 e. The summed E-state index contributed by atoms with van der Waals surface area (Å²) in [7, 11) is 0. The van der Waals surface area contributed by atoms with Crippen LogP contribution in [0.2, 0.25) is 0 Å². The molecule has 1 N–H and O–H groups in total. The lowest BCUT2D eigenvalue weighted by atomic mass is 9.71. The van der Waals surface area contributed by atoms with Crippen molar-refractivity contribution in [2.24, 2.45) is 5.92 Å². The summed E-state index contributed by atoms with van der Waals surface area (Å²) in [6.45, 7) is 1.37. The number of carbonyl (C=O) groups is 1. The predicted octanol–water partition coefficient (Wildman–Crippen LogP) is 1.91. The number of nitrogens with zero attached hydrogens (tertiary/aromatic N) is 2. The molecule has 1 aromatic heterocycles. The molecule has 1 saturated heterocycles. The zero-order valence-electron chi connectivity index (χ0n) is 10.3. The van der Waals surface area contributed by atoms with Gasteiger partial charge in [0.2, 0.25) is 0 Å². The fraction of sp³-hybridized carbons (Fsp3) is 0.692. The zero-order chi connectivity index (χ0) is 12.6. The van der Waals surface area contributed by atoms with Gasteiger partial charge in [0.15, 0.2) is 0 Å². The van der Waals surface area contributed by atoms with Crippen LogP contribution in [0.15, 0.2) is 11.7 Å². The van der Waals surface area contributed by atoms with Gasteiger partial charge >= 0.3 is 0 Å². The summed E-state index contributed by atoms with van der Waals surface area (Å²) in [5.41, 5.74) is 1.18. The predicted molar refractivity (Wildman–Crippen MR) is 69.5 cm³/mol. The normalized spacial score (nSPS) is 32.1. The van der Waals surface area contributed by atoms with Crippen LogP contribution in [-0.4, -0.2) is 39.6 Å². The molecule has 4 nitrogen and oxygen atoms in total. The third-order valence-electron chi connectivity index (χ3n) is 4.36. The van der Waals surface area contributed by atoms with E-state index in [1.165, 1.54) is 17.8 Å². The first-order chi connectivity index (χ1) is 8.69. The molecule has 0 radical (unpaired) electrons. The fourth-order valence-corrected chi connectivity index (χ4v) is 3.82. The molecule has 1 aliphatic carbocycles. The number of amides is 1. The molecule has 0 bridgehead atoms. The highest BCUT2D eigenvalue weighted by molar-refractivity contribution is 7.11. The second kappa shape index (κ2) is 4.63. The van der Waals surface area contributed by atoms with Gasteiger partial charge < -0.3 is 10.0 Å². The van der Waals surface area contributed by atoms with E-state index in [0.717, 1.165) is 25.7 Å². The SMILES string of the molecule is O=C(c1cncs1)N1CCC2(O)CCCCC2C1. The lowest BCUT2D eigenvalue weighted by Crippen LogP contribution is -2.54. The molecule has 2 heterocycles. The molecule has 0 aromatic carbocycles. The Labute approximate surface area is 111 Å². The van der Waals surface area contributed by atoms with E-state index in [4.69, 9.17) is 0 Å². The zero-order valence-corrected chi connectivity index (χ0v) is 11.2. The summed E-state index contributed by atoms with van der Waals surface area (Å²) in [5.74, 6) is 0.335. The van der Waals surface area contributed by atoms with Crippen LogP contribution in [-0.2, 0) is 0 Å². The van der Waals surface area contributed by atoms with Crippen molar-refractivity contribution in [3.05, 3.63) is 16.6 Å². The first kappa shape index (κ1) is 12.1. The number of carbonyl (C=O) groups excluding carboxylic acids is 1. The van der Waals surface area contributed by atoms with E-state index in [9.17, 15) is 9.90 Å². The molecule has 98 valence electrons. The Morgan fingerprint density at radius 1 is 1.50 bits per heavy atom. The first-order valence-corrected chi connectivity index (χ1v) is 7.47. The van der Waals surface area contributed by atoms with Gasteiger partial charge in [0, 0.05) is 19.0 Å². The topological polar surface area (TPSA) is 53.4 Å². The van der Waals surface area contributed by atoms with Crippen molar-refractivity contribution < 1.29 is 9.90 Å². The van der Waals surface area contributed by atoms with Gasteiger partial charge in [-0.2, -0.15) is 0 Å². The van der Waals surface area contributed by atoms with Crippen LogP contribution in [0.1, 0.15) is 41.8 Å². The van der Waals surface area contributed by atoms with Crippen LogP contribution in [0.25, 0.3) is 0 Å². The minimum absolute atomic E-state index is 0.0742. The van der Waals surface area contributed by atoms with Crippen molar-refractivity contribution in [2.75, 3.05) is 13.1 Å². The molecule has 3 rings (SSSR count). The Bertz CT molecular complexity index is 434. The number of aliphatic hydroxyl groups is 1. The van der Waals surface area contributed by atoms with E-state index < -0.39 is 5.60 Å². The van der Waals surface area contributed by atoms with Crippen molar-refractivity contribution in [3.8, 4) is 0 Å². The van der Waals surface area contributed by atoms with Crippen LogP contribution >= 0.6 is 11.3 Å². The maximum absolute atomic E-state index is 12.3. The average Bonchev–Trinajstić information content (AvgIpc) is 2.90. The lowest BCUT2D eigenvalue weighted by molar-refractivity contribution is -0.0885. The number of piperidine rings is 1. The van der Waals surface area contributed by atoms with Crippen LogP contribution in [0.5, 0.6) is 0 Å². The van der Waals surface area contributed by atoms with E-state index >= 15 is 0 Å². The molecular formula is C13H18N2O2S. The third-order valence-corrected chi connectivity index (χ3v) is 5.12. The number of fused-ring (bicyclic) bond motifs is 1. The molecular weight excluding hydrogens is 248 g/mol. The highest BCUT2D eigenvalue weighted by Gasteiger charge is 2.43.